The Hall–Kier alpha value is -4.20. The van der Waals surface area contributed by atoms with Gasteiger partial charge in [0.1, 0.15) is 11.5 Å². The Morgan fingerprint density at radius 2 is 1.29 bits per heavy atom. The standard InChI is InChI=1S/C34H44N2O6/c1-39-28-16-12-25(13-17-28)20-22-35-32(37)10-5-6-11-33(38)36-23-21-27-15-19-31(41-3)34(42-4)30(27)18-14-26-8-7-9-29(24-26)40-2/h7-9,12-13,15-17,19,24H,5-6,10-11,14,18,20-23H2,1-4H3,(H,35,37)(H,36,38). The van der Waals surface area contributed by atoms with Crippen LogP contribution in [0.4, 0.5) is 0 Å². The van der Waals surface area contributed by atoms with E-state index < -0.39 is 0 Å². The number of unbranched alkanes of at least 4 members (excludes halogenated alkanes) is 1. The van der Waals surface area contributed by atoms with E-state index in [4.69, 9.17) is 18.9 Å². The van der Waals surface area contributed by atoms with Crippen LogP contribution in [0.3, 0.4) is 0 Å². The van der Waals surface area contributed by atoms with Crippen molar-refractivity contribution in [1.82, 2.24) is 10.6 Å². The van der Waals surface area contributed by atoms with Gasteiger partial charge in [-0.15, -0.1) is 0 Å². The molecule has 3 aromatic rings. The van der Waals surface area contributed by atoms with Crippen molar-refractivity contribution in [2.24, 2.45) is 0 Å². The van der Waals surface area contributed by atoms with Crippen molar-refractivity contribution in [2.45, 2.75) is 51.4 Å². The third kappa shape index (κ3) is 10.3. The molecule has 3 rings (SSSR count). The largest absolute Gasteiger partial charge is 0.497 e. The fraction of sp³-hybridized carbons (Fsp3) is 0.412. The number of hydrogen-bond acceptors (Lipinski definition) is 6. The number of benzene rings is 3. The predicted octanol–water partition coefficient (Wildman–Crippen LogP) is 5.08. The summed E-state index contributed by atoms with van der Waals surface area (Å²) in [5.74, 6) is 3.07. The number of hydrogen-bond donors (Lipinski definition) is 2. The van der Waals surface area contributed by atoms with Crippen LogP contribution in [0.5, 0.6) is 23.0 Å². The average molecular weight is 577 g/mol. The molecule has 2 amide bonds. The molecule has 0 spiro atoms. The summed E-state index contributed by atoms with van der Waals surface area (Å²) in [4.78, 5) is 24.6. The minimum absolute atomic E-state index is 0.00618. The number of aryl methyl sites for hydroxylation is 1. The first-order chi connectivity index (χ1) is 20.5. The topological polar surface area (TPSA) is 95.1 Å². The van der Waals surface area contributed by atoms with Gasteiger partial charge in [-0.3, -0.25) is 9.59 Å². The summed E-state index contributed by atoms with van der Waals surface area (Å²) in [6.45, 7) is 1.11. The molecule has 8 nitrogen and oxygen atoms in total. The zero-order chi connectivity index (χ0) is 30.2. The Morgan fingerprint density at radius 1 is 0.619 bits per heavy atom. The van der Waals surface area contributed by atoms with Gasteiger partial charge in [-0.2, -0.15) is 0 Å². The maximum Gasteiger partial charge on any atom is 0.220 e. The number of rotatable bonds is 18. The lowest BCUT2D eigenvalue weighted by atomic mass is 9.96. The van der Waals surface area contributed by atoms with Crippen LogP contribution in [0.2, 0.25) is 0 Å². The lowest BCUT2D eigenvalue weighted by Crippen LogP contribution is -2.26. The smallest absolute Gasteiger partial charge is 0.220 e. The number of amides is 2. The molecular weight excluding hydrogens is 532 g/mol. The van der Waals surface area contributed by atoms with Crippen molar-refractivity contribution in [3.8, 4) is 23.0 Å². The van der Waals surface area contributed by atoms with Gasteiger partial charge in [0.15, 0.2) is 11.5 Å². The Bertz CT molecular complexity index is 1280. The molecule has 0 aromatic heterocycles. The quantitative estimate of drug-likeness (QED) is 0.205. The minimum Gasteiger partial charge on any atom is -0.497 e. The molecule has 3 aromatic carbocycles. The number of carbonyl (C=O) groups excluding carboxylic acids is 2. The Kier molecular flexibility index (Phi) is 13.5. The van der Waals surface area contributed by atoms with Crippen molar-refractivity contribution >= 4 is 11.8 Å². The summed E-state index contributed by atoms with van der Waals surface area (Å²) in [6, 6.07) is 19.8. The van der Waals surface area contributed by atoms with Crippen LogP contribution in [-0.2, 0) is 35.3 Å². The molecule has 0 heterocycles. The normalized spacial score (nSPS) is 10.6. The second-order valence-electron chi connectivity index (χ2n) is 10.0. The van der Waals surface area contributed by atoms with Gasteiger partial charge in [0.25, 0.3) is 0 Å². The Morgan fingerprint density at radius 3 is 1.90 bits per heavy atom. The SMILES string of the molecule is COc1ccc(CCNC(=O)CCCCC(=O)NCCc2ccc(OC)c(OC)c2CCc2cccc(OC)c2)cc1. The van der Waals surface area contributed by atoms with Crippen LogP contribution < -0.4 is 29.6 Å². The van der Waals surface area contributed by atoms with Gasteiger partial charge in [0.2, 0.25) is 11.8 Å². The molecule has 0 saturated carbocycles. The van der Waals surface area contributed by atoms with Gasteiger partial charge in [-0.25, -0.2) is 0 Å². The third-order valence-corrected chi connectivity index (χ3v) is 7.21. The van der Waals surface area contributed by atoms with Crippen LogP contribution in [0.25, 0.3) is 0 Å². The van der Waals surface area contributed by atoms with Crippen LogP contribution in [0.15, 0.2) is 60.7 Å². The summed E-state index contributed by atoms with van der Waals surface area (Å²) in [5.41, 5.74) is 4.50. The Labute approximate surface area is 249 Å². The average Bonchev–Trinajstić information content (AvgIpc) is 3.02. The van der Waals surface area contributed by atoms with Crippen LogP contribution in [0.1, 0.15) is 47.9 Å². The molecule has 0 fully saturated rings. The molecule has 0 radical (unpaired) electrons. The highest BCUT2D eigenvalue weighted by molar-refractivity contribution is 5.77. The summed E-state index contributed by atoms with van der Waals surface area (Å²) in [6.07, 6.45) is 5.17. The fourth-order valence-corrected chi connectivity index (χ4v) is 4.86. The predicted molar refractivity (Wildman–Crippen MR) is 165 cm³/mol. The molecule has 0 aliphatic rings. The number of methoxy groups -OCH3 is 4. The molecule has 8 heteroatoms. The van der Waals surface area contributed by atoms with Gasteiger partial charge in [-0.05, 0) is 85.5 Å². The molecule has 0 aliphatic heterocycles. The van der Waals surface area contributed by atoms with E-state index in [9.17, 15) is 9.59 Å². The highest BCUT2D eigenvalue weighted by Gasteiger charge is 2.15. The molecule has 226 valence electrons. The van der Waals surface area contributed by atoms with Crippen molar-refractivity contribution in [3.05, 3.63) is 82.9 Å². The lowest BCUT2D eigenvalue weighted by molar-refractivity contribution is -0.123. The lowest BCUT2D eigenvalue weighted by Gasteiger charge is -2.17. The fourth-order valence-electron chi connectivity index (χ4n) is 4.86. The first-order valence-electron chi connectivity index (χ1n) is 14.5. The van der Waals surface area contributed by atoms with E-state index in [0.717, 1.165) is 53.2 Å². The molecule has 0 aliphatic carbocycles. The van der Waals surface area contributed by atoms with Gasteiger partial charge in [-0.1, -0.05) is 30.3 Å². The maximum absolute atomic E-state index is 12.5. The van der Waals surface area contributed by atoms with Crippen LogP contribution >= 0.6 is 0 Å². The second-order valence-corrected chi connectivity index (χ2v) is 10.0. The van der Waals surface area contributed by atoms with E-state index >= 15 is 0 Å². The van der Waals surface area contributed by atoms with Crippen molar-refractivity contribution in [2.75, 3.05) is 41.5 Å². The first kappa shape index (κ1) is 32.3. The zero-order valence-electron chi connectivity index (χ0n) is 25.3. The van der Waals surface area contributed by atoms with E-state index in [1.165, 1.54) is 5.56 Å². The number of carbonyl (C=O) groups is 2. The van der Waals surface area contributed by atoms with E-state index in [0.29, 0.717) is 50.9 Å². The molecule has 0 atom stereocenters. The summed E-state index contributed by atoms with van der Waals surface area (Å²) in [7, 11) is 6.59. The van der Waals surface area contributed by atoms with Crippen LogP contribution in [-0.4, -0.2) is 53.3 Å². The molecule has 0 saturated heterocycles. The highest BCUT2D eigenvalue weighted by Crippen LogP contribution is 2.35. The molecule has 42 heavy (non-hydrogen) atoms. The van der Waals surface area contributed by atoms with Gasteiger partial charge < -0.3 is 29.6 Å². The van der Waals surface area contributed by atoms with E-state index in [-0.39, 0.29) is 11.8 Å². The summed E-state index contributed by atoms with van der Waals surface area (Å²) in [5, 5.41) is 5.98. The van der Waals surface area contributed by atoms with Crippen molar-refractivity contribution in [3.63, 3.8) is 0 Å². The monoisotopic (exact) mass is 576 g/mol. The number of nitrogens with one attached hydrogen (secondary N) is 2. The van der Waals surface area contributed by atoms with Gasteiger partial charge in [0, 0.05) is 31.5 Å². The second kappa shape index (κ2) is 17.6. The minimum atomic E-state index is -0.00618. The molecular formula is C34H44N2O6. The zero-order valence-corrected chi connectivity index (χ0v) is 25.3. The molecule has 0 unspecified atom stereocenters. The van der Waals surface area contributed by atoms with E-state index in [1.807, 2.05) is 54.6 Å². The summed E-state index contributed by atoms with van der Waals surface area (Å²) < 4.78 is 21.8. The van der Waals surface area contributed by atoms with E-state index in [2.05, 4.69) is 16.7 Å². The van der Waals surface area contributed by atoms with Gasteiger partial charge >= 0.3 is 0 Å². The number of ether oxygens (including phenoxy) is 4. The van der Waals surface area contributed by atoms with Crippen molar-refractivity contribution in [1.29, 1.82) is 0 Å². The summed E-state index contributed by atoms with van der Waals surface area (Å²) >= 11 is 0. The van der Waals surface area contributed by atoms with Crippen LogP contribution in [0, 0.1) is 0 Å². The van der Waals surface area contributed by atoms with E-state index in [1.54, 1.807) is 28.4 Å². The Balaban J connectivity index is 1.40. The third-order valence-electron chi connectivity index (χ3n) is 7.21. The molecule has 0 bridgehead atoms. The highest BCUT2D eigenvalue weighted by atomic mass is 16.5. The van der Waals surface area contributed by atoms with Gasteiger partial charge in [0.05, 0.1) is 28.4 Å². The van der Waals surface area contributed by atoms with Crippen molar-refractivity contribution < 1.29 is 28.5 Å². The maximum atomic E-state index is 12.5. The first-order valence-corrected chi connectivity index (χ1v) is 14.5. The molecule has 2 N–H and O–H groups in total.